The summed E-state index contributed by atoms with van der Waals surface area (Å²) in [5.74, 6) is -1.83. The SMILES string of the molecule is O=C(NCC1(CCl)CCCCC1)c1cc(F)c(Cl)cc1F. The Morgan fingerprint density at radius 1 is 1.19 bits per heavy atom. The molecule has 1 saturated carbocycles. The fraction of sp³-hybridized carbons (Fsp3) is 0.533. The van der Waals surface area contributed by atoms with Crippen LogP contribution in [-0.2, 0) is 0 Å². The molecule has 2 nitrogen and oxygen atoms in total. The van der Waals surface area contributed by atoms with Crippen molar-refractivity contribution in [2.45, 2.75) is 32.1 Å². The second kappa shape index (κ2) is 6.93. The van der Waals surface area contributed by atoms with Crippen molar-refractivity contribution in [1.82, 2.24) is 5.32 Å². The minimum absolute atomic E-state index is 0.142. The van der Waals surface area contributed by atoms with Gasteiger partial charge in [0.1, 0.15) is 11.6 Å². The van der Waals surface area contributed by atoms with E-state index in [1.807, 2.05) is 0 Å². The lowest BCUT2D eigenvalue weighted by Crippen LogP contribution is -2.40. The molecular formula is C15H17Cl2F2NO. The summed E-state index contributed by atoms with van der Waals surface area (Å²) in [6, 6.07) is 1.63. The van der Waals surface area contributed by atoms with Crippen molar-refractivity contribution in [3.05, 3.63) is 34.4 Å². The molecule has 0 radical (unpaired) electrons. The van der Waals surface area contributed by atoms with Crippen LogP contribution in [0.25, 0.3) is 0 Å². The normalized spacial score (nSPS) is 17.5. The van der Waals surface area contributed by atoms with Gasteiger partial charge in [-0.3, -0.25) is 4.79 Å². The van der Waals surface area contributed by atoms with E-state index in [2.05, 4.69) is 5.32 Å². The molecule has 0 bridgehead atoms. The largest absolute Gasteiger partial charge is 0.351 e. The minimum atomic E-state index is -0.831. The first-order valence-electron chi connectivity index (χ1n) is 6.96. The highest BCUT2D eigenvalue weighted by atomic mass is 35.5. The van der Waals surface area contributed by atoms with Gasteiger partial charge in [-0.25, -0.2) is 8.78 Å². The fourth-order valence-electron chi connectivity index (χ4n) is 2.72. The van der Waals surface area contributed by atoms with Crippen molar-refractivity contribution in [2.24, 2.45) is 5.41 Å². The number of nitrogens with one attached hydrogen (secondary N) is 1. The van der Waals surface area contributed by atoms with Crippen LogP contribution in [0.1, 0.15) is 42.5 Å². The van der Waals surface area contributed by atoms with E-state index in [-0.39, 0.29) is 16.0 Å². The molecule has 21 heavy (non-hydrogen) atoms. The lowest BCUT2D eigenvalue weighted by atomic mass is 9.75. The maximum atomic E-state index is 13.7. The highest BCUT2D eigenvalue weighted by Gasteiger charge is 2.32. The van der Waals surface area contributed by atoms with Crippen molar-refractivity contribution < 1.29 is 13.6 Å². The van der Waals surface area contributed by atoms with Gasteiger partial charge in [0.05, 0.1) is 10.6 Å². The van der Waals surface area contributed by atoms with Gasteiger partial charge in [0.15, 0.2) is 0 Å². The molecule has 0 aromatic heterocycles. The number of carbonyl (C=O) groups is 1. The number of hydrogen-bond acceptors (Lipinski definition) is 1. The van der Waals surface area contributed by atoms with Crippen LogP contribution in [0.4, 0.5) is 8.78 Å². The zero-order chi connectivity index (χ0) is 15.5. The monoisotopic (exact) mass is 335 g/mol. The summed E-state index contributed by atoms with van der Waals surface area (Å²) >= 11 is 11.5. The molecule has 1 N–H and O–H groups in total. The Labute approximate surface area is 132 Å². The maximum absolute atomic E-state index is 13.7. The van der Waals surface area contributed by atoms with Gasteiger partial charge in [-0.1, -0.05) is 30.9 Å². The molecule has 116 valence electrons. The third-order valence-corrected chi connectivity index (χ3v) is 4.93. The van der Waals surface area contributed by atoms with Crippen LogP contribution in [0.15, 0.2) is 12.1 Å². The standard InChI is InChI=1S/C15H17Cl2F2NO/c16-8-15(4-2-1-3-5-15)9-20-14(21)10-6-13(19)11(17)7-12(10)18/h6-7H,1-5,8-9H2,(H,20,21). The lowest BCUT2D eigenvalue weighted by Gasteiger charge is -2.35. The van der Waals surface area contributed by atoms with E-state index in [9.17, 15) is 13.6 Å². The summed E-state index contributed by atoms with van der Waals surface area (Å²) in [6.07, 6.45) is 5.20. The Bertz CT molecular complexity index is 531. The Balaban J connectivity index is 2.06. The number of amides is 1. The van der Waals surface area contributed by atoms with E-state index < -0.39 is 17.5 Å². The molecule has 6 heteroatoms. The molecule has 1 aromatic rings. The second-order valence-corrected chi connectivity index (χ2v) is 6.30. The highest BCUT2D eigenvalue weighted by Crippen LogP contribution is 2.36. The number of alkyl halides is 1. The number of hydrogen-bond donors (Lipinski definition) is 1. The third-order valence-electron chi connectivity index (χ3n) is 4.08. The first-order chi connectivity index (χ1) is 9.97. The summed E-state index contributed by atoms with van der Waals surface area (Å²) in [5.41, 5.74) is -0.478. The first kappa shape index (κ1) is 16.5. The van der Waals surface area contributed by atoms with Crippen molar-refractivity contribution in [3.63, 3.8) is 0 Å². The third kappa shape index (κ3) is 3.86. The van der Waals surface area contributed by atoms with Crippen LogP contribution in [0, 0.1) is 17.0 Å². The maximum Gasteiger partial charge on any atom is 0.254 e. The summed E-state index contributed by atoms with van der Waals surface area (Å²) in [5, 5.41) is 2.34. The number of benzene rings is 1. The van der Waals surface area contributed by atoms with Crippen LogP contribution in [0.5, 0.6) is 0 Å². The van der Waals surface area contributed by atoms with Crippen molar-refractivity contribution in [1.29, 1.82) is 0 Å². The Morgan fingerprint density at radius 3 is 2.48 bits per heavy atom. The fourth-order valence-corrected chi connectivity index (χ4v) is 3.23. The van der Waals surface area contributed by atoms with Gasteiger partial charge in [-0.2, -0.15) is 0 Å². The summed E-state index contributed by atoms with van der Waals surface area (Å²) in [4.78, 5) is 12.0. The Kier molecular flexibility index (Phi) is 5.44. The molecule has 0 unspecified atom stereocenters. The summed E-state index contributed by atoms with van der Waals surface area (Å²) in [7, 11) is 0. The van der Waals surface area contributed by atoms with Gasteiger partial charge in [0.25, 0.3) is 5.91 Å². The summed E-state index contributed by atoms with van der Waals surface area (Å²) in [6.45, 7) is 0.374. The smallest absolute Gasteiger partial charge is 0.254 e. The molecule has 1 fully saturated rings. The zero-order valence-electron chi connectivity index (χ0n) is 11.5. The summed E-state index contributed by atoms with van der Waals surface area (Å²) < 4.78 is 27.0. The number of rotatable bonds is 4. The van der Waals surface area contributed by atoms with E-state index >= 15 is 0 Å². The molecular weight excluding hydrogens is 319 g/mol. The zero-order valence-corrected chi connectivity index (χ0v) is 13.0. The van der Waals surface area contributed by atoms with Crippen LogP contribution in [0.2, 0.25) is 5.02 Å². The molecule has 0 heterocycles. The molecule has 1 aliphatic rings. The average molecular weight is 336 g/mol. The van der Waals surface area contributed by atoms with E-state index in [1.165, 1.54) is 6.42 Å². The van der Waals surface area contributed by atoms with E-state index in [4.69, 9.17) is 23.2 Å². The molecule has 0 spiro atoms. The van der Waals surface area contributed by atoms with E-state index in [0.29, 0.717) is 12.4 Å². The average Bonchev–Trinajstić information content (AvgIpc) is 2.49. The molecule has 0 saturated heterocycles. The van der Waals surface area contributed by atoms with Crippen LogP contribution in [0.3, 0.4) is 0 Å². The van der Waals surface area contributed by atoms with Crippen molar-refractivity contribution in [2.75, 3.05) is 12.4 Å². The van der Waals surface area contributed by atoms with E-state index in [0.717, 1.165) is 37.8 Å². The molecule has 1 amide bonds. The predicted molar refractivity (Wildman–Crippen MR) is 79.9 cm³/mol. The molecule has 0 aliphatic heterocycles. The number of halogens is 4. The molecule has 2 rings (SSSR count). The van der Waals surface area contributed by atoms with E-state index in [1.54, 1.807) is 0 Å². The molecule has 1 aromatic carbocycles. The molecule has 0 atom stereocenters. The van der Waals surface area contributed by atoms with Gasteiger partial charge in [-0.05, 0) is 25.0 Å². The van der Waals surface area contributed by atoms with Gasteiger partial charge in [0, 0.05) is 17.8 Å². The van der Waals surface area contributed by atoms with Crippen LogP contribution >= 0.6 is 23.2 Å². The second-order valence-electron chi connectivity index (χ2n) is 5.62. The lowest BCUT2D eigenvalue weighted by molar-refractivity contribution is 0.0916. The Morgan fingerprint density at radius 2 is 1.86 bits per heavy atom. The predicted octanol–water partition coefficient (Wildman–Crippen LogP) is 4.54. The quantitative estimate of drug-likeness (QED) is 0.635. The van der Waals surface area contributed by atoms with Crippen LogP contribution < -0.4 is 5.32 Å². The van der Waals surface area contributed by atoms with Gasteiger partial charge in [0.2, 0.25) is 0 Å². The van der Waals surface area contributed by atoms with Crippen LogP contribution in [-0.4, -0.2) is 18.3 Å². The van der Waals surface area contributed by atoms with Gasteiger partial charge >= 0.3 is 0 Å². The van der Waals surface area contributed by atoms with Gasteiger partial charge in [-0.15, -0.1) is 11.6 Å². The number of carbonyl (C=O) groups excluding carboxylic acids is 1. The molecule has 1 aliphatic carbocycles. The minimum Gasteiger partial charge on any atom is -0.351 e. The topological polar surface area (TPSA) is 29.1 Å². The van der Waals surface area contributed by atoms with Gasteiger partial charge < -0.3 is 5.32 Å². The Hall–Kier alpha value is -0.870. The highest BCUT2D eigenvalue weighted by molar-refractivity contribution is 6.30. The van der Waals surface area contributed by atoms with Crippen molar-refractivity contribution in [3.8, 4) is 0 Å². The van der Waals surface area contributed by atoms with Crippen molar-refractivity contribution >= 4 is 29.1 Å². The first-order valence-corrected chi connectivity index (χ1v) is 7.87.